The van der Waals surface area contributed by atoms with E-state index >= 15 is 0 Å². The van der Waals surface area contributed by atoms with E-state index in [2.05, 4.69) is 39.7 Å². The first-order valence-corrected chi connectivity index (χ1v) is 9.51. The predicted octanol–water partition coefficient (Wildman–Crippen LogP) is 3.78. The van der Waals surface area contributed by atoms with E-state index in [0.29, 0.717) is 17.5 Å². The molecule has 23 heavy (non-hydrogen) atoms. The van der Waals surface area contributed by atoms with Crippen molar-refractivity contribution in [2.75, 3.05) is 13.1 Å². The molecule has 2 aliphatic rings. The average Bonchev–Trinajstić information content (AvgIpc) is 3.12. The quantitative estimate of drug-likeness (QED) is 0.881. The molecule has 0 aromatic carbocycles. The van der Waals surface area contributed by atoms with Gasteiger partial charge in [0, 0.05) is 29.9 Å². The average molecular weight is 355 g/mol. The van der Waals surface area contributed by atoms with Crippen molar-refractivity contribution in [1.29, 1.82) is 0 Å². The van der Waals surface area contributed by atoms with Crippen molar-refractivity contribution < 1.29 is 0 Å². The number of rotatable bonds is 3. The lowest BCUT2D eigenvalue weighted by molar-refractivity contribution is 0.113. The van der Waals surface area contributed by atoms with Crippen LogP contribution in [-0.4, -0.2) is 28.5 Å². The smallest absolute Gasteiger partial charge is 0.193 e. The highest BCUT2D eigenvalue weighted by atomic mass is 35.5. The number of aromatic nitrogens is 2. The van der Waals surface area contributed by atoms with Crippen LogP contribution >= 0.6 is 23.7 Å². The van der Waals surface area contributed by atoms with Gasteiger partial charge in [0.05, 0.1) is 5.69 Å². The van der Waals surface area contributed by atoms with Gasteiger partial charge in [-0.05, 0) is 64.0 Å². The van der Waals surface area contributed by atoms with Crippen LogP contribution in [0.15, 0.2) is 17.8 Å². The summed E-state index contributed by atoms with van der Waals surface area (Å²) in [4.78, 5) is 5.83. The van der Waals surface area contributed by atoms with Crippen LogP contribution in [-0.2, 0) is 0 Å². The number of fused-ring (bicyclic) bond motifs is 1. The van der Waals surface area contributed by atoms with Crippen LogP contribution in [0.25, 0.3) is 4.96 Å². The molecular weight excluding hydrogens is 328 g/mol. The Kier molecular flexibility index (Phi) is 5.31. The highest BCUT2D eigenvalue weighted by molar-refractivity contribution is 7.15. The van der Waals surface area contributed by atoms with Crippen LogP contribution in [0, 0.1) is 5.41 Å². The molecule has 4 nitrogen and oxygen atoms in total. The third kappa shape index (κ3) is 3.58. The van der Waals surface area contributed by atoms with Gasteiger partial charge in [-0.15, -0.1) is 23.7 Å². The number of nitrogens with zero attached hydrogens (tertiary/aromatic N) is 2. The zero-order chi connectivity index (χ0) is 15.0. The van der Waals surface area contributed by atoms with Gasteiger partial charge in [0.2, 0.25) is 0 Å². The molecule has 1 spiro atoms. The Morgan fingerprint density at radius 2 is 2.04 bits per heavy atom. The molecule has 3 heterocycles. The van der Waals surface area contributed by atoms with Gasteiger partial charge in [0.1, 0.15) is 0 Å². The number of piperidine rings is 1. The summed E-state index contributed by atoms with van der Waals surface area (Å²) in [6.07, 6.45) is 12.5. The second-order valence-corrected chi connectivity index (χ2v) is 8.04. The fraction of sp³-hybridized carbons (Fsp3) is 0.706. The minimum atomic E-state index is 0. The maximum atomic E-state index is 4.73. The highest BCUT2D eigenvalue weighted by Crippen LogP contribution is 2.43. The number of hydrogen-bond acceptors (Lipinski definition) is 4. The molecule has 1 aliphatic carbocycles. The topological polar surface area (TPSA) is 41.4 Å². The zero-order valence-electron chi connectivity index (χ0n) is 13.8. The van der Waals surface area contributed by atoms with Gasteiger partial charge in [-0.25, -0.2) is 4.98 Å². The van der Waals surface area contributed by atoms with E-state index in [4.69, 9.17) is 4.98 Å². The van der Waals surface area contributed by atoms with Crippen LogP contribution in [0.5, 0.6) is 0 Å². The summed E-state index contributed by atoms with van der Waals surface area (Å²) in [6, 6.07) is 1.01. The number of hydrogen-bond donors (Lipinski definition) is 2. The van der Waals surface area contributed by atoms with Gasteiger partial charge in [0.15, 0.2) is 4.96 Å². The summed E-state index contributed by atoms with van der Waals surface area (Å²) in [5.74, 6) is 0. The summed E-state index contributed by atoms with van der Waals surface area (Å²) >= 11 is 1.70. The van der Waals surface area contributed by atoms with Crippen LogP contribution in [0.3, 0.4) is 0 Å². The van der Waals surface area contributed by atoms with Crippen LogP contribution < -0.4 is 10.6 Å². The van der Waals surface area contributed by atoms with Gasteiger partial charge in [0.25, 0.3) is 0 Å². The van der Waals surface area contributed by atoms with Crippen molar-refractivity contribution in [2.24, 2.45) is 5.41 Å². The molecule has 6 heteroatoms. The third-order valence-electron chi connectivity index (χ3n) is 5.75. The maximum Gasteiger partial charge on any atom is 0.193 e. The molecule has 2 aromatic heterocycles. The Balaban J connectivity index is 0.00000156. The first-order valence-electron chi connectivity index (χ1n) is 8.63. The first-order chi connectivity index (χ1) is 10.7. The van der Waals surface area contributed by atoms with Crippen molar-refractivity contribution in [3.63, 3.8) is 0 Å². The monoisotopic (exact) mass is 354 g/mol. The molecule has 0 bridgehead atoms. The van der Waals surface area contributed by atoms with Gasteiger partial charge >= 0.3 is 0 Å². The molecule has 128 valence electrons. The molecule has 1 aliphatic heterocycles. The molecule has 2 aromatic rings. The summed E-state index contributed by atoms with van der Waals surface area (Å²) in [6.45, 7) is 4.70. The molecule has 2 fully saturated rings. The zero-order valence-corrected chi connectivity index (χ0v) is 15.4. The lowest BCUT2D eigenvalue weighted by atomic mass is 9.67. The van der Waals surface area contributed by atoms with Gasteiger partial charge in [-0.3, -0.25) is 4.40 Å². The number of thiazole rings is 1. The van der Waals surface area contributed by atoms with Crippen molar-refractivity contribution in [2.45, 2.75) is 57.5 Å². The predicted molar refractivity (Wildman–Crippen MR) is 98.7 cm³/mol. The Hall–Kier alpha value is -0.620. The number of halogens is 1. The summed E-state index contributed by atoms with van der Waals surface area (Å²) in [7, 11) is 0. The summed E-state index contributed by atoms with van der Waals surface area (Å²) in [5.41, 5.74) is 1.83. The first kappa shape index (κ1) is 17.2. The number of imidazole rings is 1. The van der Waals surface area contributed by atoms with Crippen molar-refractivity contribution in [1.82, 2.24) is 20.0 Å². The fourth-order valence-electron chi connectivity index (χ4n) is 4.25. The van der Waals surface area contributed by atoms with E-state index in [1.807, 2.05) is 0 Å². The fourth-order valence-corrected chi connectivity index (χ4v) is 4.95. The SMILES string of the molecule is CC(NC1CCC2(CCNCC2)CC1)c1cn2ccsc2n1.Cl. The molecule has 1 saturated carbocycles. The van der Waals surface area contributed by atoms with Gasteiger partial charge in [-0.1, -0.05) is 0 Å². The summed E-state index contributed by atoms with van der Waals surface area (Å²) < 4.78 is 2.13. The molecule has 0 amide bonds. The third-order valence-corrected chi connectivity index (χ3v) is 6.52. The second-order valence-electron chi connectivity index (χ2n) is 7.17. The van der Waals surface area contributed by atoms with E-state index in [1.54, 1.807) is 11.3 Å². The van der Waals surface area contributed by atoms with Gasteiger partial charge < -0.3 is 10.6 Å². The molecule has 1 atom stereocenters. The van der Waals surface area contributed by atoms with E-state index in [-0.39, 0.29) is 12.4 Å². The van der Waals surface area contributed by atoms with E-state index in [9.17, 15) is 0 Å². The minimum absolute atomic E-state index is 0. The Labute approximate surface area is 148 Å². The minimum Gasteiger partial charge on any atom is -0.317 e. The molecular formula is C17H27ClN4S. The Bertz CT molecular complexity index is 593. The van der Waals surface area contributed by atoms with Crippen LogP contribution in [0.4, 0.5) is 0 Å². The molecule has 4 rings (SSSR count). The van der Waals surface area contributed by atoms with E-state index in [0.717, 1.165) is 4.96 Å². The van der Waals surface area contributed by atoms with Crippen LogP contribution in [0.2, 0.25) is 0 Å². The normalized spacial score (nSPS) is 23.0. The van der Waals surface area contributed by atoms with E-state index in [1.165, 1.54) is 57.3 Å². The van der Waals surface area contributed by atoms with Crippen LogP contribution in [0.1, 0.15) is 57.2 Å². The van der Waals surface area contributed by atoms with Crippen molar-refractivity contribution >= 4 is 28.7 Å². The number of nitrogens with one attached hydrogen (secondary N) is 2. The highest BCUT2D eigenvalue weighted by Gasteiger charge is 2.36. The summed E-state index contributed by atoms with van der Waals surface area (Å²) in [5, 5.41) is 9.41. The Morgan fingerprint density at radius 3 is 2.74 bits per heavy atom. The molecule has 0 radical (unpaired) electrons. The largest absolute Gasteiger partial charge is 0.317 e. The lowest BCUT2D eigenvalue weighted by Gasteiger charge is -2.43. The molecule has 1 unspecified atom stereocenters. The van der Waals surface area contributed by atoms with Crippen molar-refractivity contribution in [3.05, 3.63) is 23.5 Å². The van der Waals surface area contributed by atoms with Gasteiger partial charge in [-0.2, -0.15) is 0 Å². The molecule has 2 N–H and O–H groups in total. The molecule has 1 saturated heterocycles. The standard InChI is InChI=1S/C17H26N4S.ClH/c1-13(15-12-21-10-11-22-16(21)20-15)19-14-2-4-17(5-3-14)6-8-18-9-7-17;/h10-14,18-19H,2-9H2,1H3;1H. The maximum absolute atomic E-state index is 4.73. The van der Waals surface area contributed by atoms with E-state index < -0.39 is 0 Å². The second kappa shape index (κ2) is 7.09. The lowest BCUT2D eigenvalue weighted by Crippen LogP contribution is -2.43. The van der Waals surface area contributed by atoms with Crippen molar-refractivity contribution in [3.8, 4) is 0 Å². The Morgan fingerprint density at radius 1 is 1.30 bits per heavy atom.